The van der Waals surface area contributed by atoms with Crippen LogP contribution in [0.1, 0.15) is 5.56 Å². The summed E-state index contributed by atoms with van der Waals surface area (Å²) in [4.78, 5) is 0. The summed E-state index contributed by atoms with van der Waals surface area (Å²) >= 11 is 3.28. The van der Waals surface area contributed by atoms with Gasteiger partial charge in [-0.25, -0.2) is 4.39 Å². The van der Waals surface area contributed by atoms with Gasteiger partial charge >= 0.3 is 0 Å². The zero-order chi connectivity index (χ0) is 12.6. The number of nitrogen functional groups attached to an aromatic ring is 1. The zero-order valence-corrected chi connectivity index (χ0v) is 10.8. The maximum atomic E-state index is 13.7. The minimum atomic E-state index is -0.471. The van der Waals surface area contributed by atoms with E-state index >= 15 is 0 Å². The Labute approximate surface area is 106 Å². The molecule has 1 aromatic heterocycles. The Balaban J connectivity index is 2.74. The van der Waals surface area contributed by atoms with Gasteiger partial charge in [-0.1, -0.05) is 21.1 Å². The second kappa shape index (κ2) is 4.37. The molecule has 4 nitrogen and oxygen atoms in total. The van der Waals surface area contributed by atoms with Gasteiger partial charge < -0.3 is 15.0 Å². The van der Waals surface area contributed by atoms with E-state index in [0.29, 0.717) is 15.7 Å². The van der Waals surface area contributed by atoms with Crippen LogP contribution in [0, 0.1) is 12.7 Å². The molecule has 17 heavy (non-hydrogen) atoms. The molecular formula is C11H10BrFN2O2. The highest BCUT2D eigenvalue weighted by molar-refractivity contribution is 9.10. The van der Waals surface area contributed by atoms with Crippen LogP contribution in [0.15, 0.2) is 21.1 Å². The Morgan fingerprint density at radius 3 is 2.71 bits per heavy atom. The van der Waals surface area contributed by atoms with E-state index < -0.39 is 5.82 Å². The smallest absolute Gasteiger partial charge is 0.222 e. The molecule has 2 rings (SSSR count). The topological polar surface area (TPSA) is 61.3 Å². The molecule has 0 aliphatic rings. The molecule has 0 radical (unpaired) electrons. The number of halogens is 2. The lowest BCUT2D eigenvalue weighted by Gasteiger charge is -2.11. The molecule has 0 bridgehead atoms. The van der Waals surface area contributed by atoms with Gasteiger partial charge in [-0.15, -0.1) is 0 Å². The summed E-state index contributed by atoms with van der Waals surface area (Å²) in [6.07, 6.45) is 0. The van der Waals surface area contributed by atoms with Crippen molar-refractivity contribution in [2.45, 2.75) is 6.92 Å². The number of nitrogens with two attached hydrogens (primary N) is 1. The Morgan fingerprint density at radius 2 is 2.18 bits per heavy atom. The standard InChI is InChI=1S/C11H10BrFN2O2/c1-5-6(12)3-7(13)11(16-2)10(5)8-4-9(14)17-15-8/h3-4H,14H2,1-2H3. The second-order valence-electron chi connectivity index (χ2n) is 3.49. The van der Waals surface area contributed by atoms with Crippen molar-refractivity contribution >= 4 is 21.8 Å². The average molecular weight is 301 g/mol. The highest BCUT2D eigenvalue weighted by Crippen LogP contribution is 2.38. The number of nitrogens with zero attached hydrogens (tertiary/aromatic N) is 1. The van der Waals surface area contributed by atoms with E-state index in [4.69, 9.17) is 15.0 Å². The maximum absolute atomic E-state index is 13.7. The molecule has 90 valence electrons. The highest BCUT2D eigenvalue weighted by Gasteiger charge is 2.19. The maximum Gasteiger partial charge on any atom is 0.222 e. The van der Waals surface area contributed by atoms with Crippen molar-refractivity contribution in [2.75, 3.05) is 12.8 Å². The molecule has 1 heterocycles. The van der Waals surface area contributed by atoms with Gasteiger partial charge in [0.2, 0.25) is 5.88 Å². The Kier molecular flexibility index (Phi) is 3.06. The molecule has 2 N–H and O–H groups in total. The highest BCUT2D eigenvalue weighted by atomic mass is 79.9. The number of rotatable bonds is 2. The summed E-state index contributed by atoms with van der Waals surface area (Å²) in [5.74, 6) is -0.178. The summed E-state index contributed by atoms with van der Waals surface area (Å²) in [6.45, 7) is 1.83. The van der Waals surface area contributed by atoms with Gasteiger partial charge in [0.1, 0.15) is 5.69 Å². The zero-order valence-electron chi connectivity index (χ0n) is 9.25. The fourth-order valence-electron chi connectivity index (χ4n) is 1.61. The second-order valence-corrected chi connectivity index (χ2v) is 4.34. The largest absolute Gasteiger partial charge is 0.493 e. The van der Waals surface area contributed by atoms with Gasteiger partial charge in [0, 0.05) is 10.5 Å². The average Bonchev–Trinajstić information content (AvgIpc) is 2.69. The van der Waals surface area contributed by atoms with Crippen LogP contribution in [0.5, 0.6) is 5.75 Å². The number of hydrogen-bond donors (Lipinski definition) is 1. The van der Waals surface area contributed by atoms with Crippen LogP contribution >= 0.6 is 15.9 Å². The first-order chi connectivity index (χ1) is 8.04. The number of aromatic nitrogens is 1. The fraction of sp³-hybridized carbons (Fsp3) is 0.182. The fourth-order valence-corrected chi connectivity index (χ4v) is 2.01. The van der Waals surface area contributed by atoms with Crippen LogP contribution in [0.4, 0.5) is 10.3 Å². The van der Waals surface area contributed by atoms with Gasteiger partial charge in [-0.05, 0) is 18.6 Å². The van der Waals surface area contributed by atoms with Gasteiger partial charge in [-0.2, -0.15) is 0 Å². The predicted molar refractivity (Wildman–Crippen MR) is 65.3 cm³/mol. The molecule has 0 atom stereocenters. The Hall–Kier alpha value is -1.56. The lowest BCUT2D eigenvalue weighted by atomic mass is 10.0. The molecule has 0 saturated carbocycles. The molecule has 0 fully saturated rings. The first-order valence-electron chi connectivity index (χ1n) is 4.79. The van der Waals surface area contributed by atoms with E-state index in [2.05, 4.69) is 21.1 Å². The molecule has 0 amide bonds. The third-order valence-electron chi connectivity index (χ3n) is 2.42. The van der Waals surface area contributed by atoms with E-state index in [0.717, 1.165) is 5.56 Å². The van der Waals surface area contributed by atoms with E-state index in [1.807, 2.05) is 6.92 Å². The van der Waals surface area contributed by atoms with Crippen molar-refractivity contribution in [1.82, 2.24) is 5.16 Å². The number of ether oxygens (including phenoxy) is 1. The van der Waals surface area contributed by atoms with Crippen LogP contribution in [0.2, 0.25) is 0 Å². The molecule has 2 aromatic rings. The lowest BCUT2D eigenvalue weighted by Crippen LogP contribution is -1.96. The van der Waals surface area contributed by atoms with Crippen LogP contribution < -0.4 is 10.5 Å². The van der Waals surface area contributed by atoms with Crippen LogP contribution in [-0.4, -0.2) is 12.3 Å². The van der Waals surface area contributed by atoms with Gasteiger partial charge in [0.25, 0.3) is 0 Å². The summed E-state index contributed by atoms with van der Waals surface area (Å²) in [5.41, 5.74) is 7.23. The monoisotopic (exact) mass is 300 g/mol. The summed E-state index contributed by atoms with van der Waals surface area (Å²) in [6, 6.07) is 2.87. The first kappa shape index (κ1) is 11.9. The van der Waals surface area contributed by atoms with Crippen molar-refractivity contribution in [3.63, 3.8) is 0 Å². The Morgan fingerprint density at radius 1 is 1.47 bits per heavy atom. The van der Waals surface area contributed by atoms with Crippen LogP contribution in [0.25, 0.3) is 11.3 Å². The van der Waals surface area contributed by atoms with Gasteiger partial charge in [0.05, 0.1) is 12.7 Å². The van der Waals surface area contributed by atoms with E-state index in [9.17, 15) is 4.39 Å². The van der Waals surface area contributed by atoms with Crippen molar-refractivity contribution in [1.29, 1.82) is 0 Å². The van der Waals surface area contributed by atoms with Gasteiger partial charge in [0.15, 0.2) is 11.6 Å². The van der Waals surface area contributed by atoms with Crippen molar-refractivity contribution in [2.24, 2.45) is 0 Å². The summed E-state index contributed by atoms with van der Waals surface area (Å²) < 4.78 is 24.2. The number of benzene rings is 1. The lowest BCUT2D eigenvalue weighted by molar-refractivity contribution is 0.386. The number of methoxy groups -OCH3 is 1. The minimum absolute atomic E-state index is 0.124. The molecule has 0 spiro atoms. The SMILES string of the molecule is COc1c(F)cc(Br)c(C)c1-c1cc(N)on1. The molecular weight excluding hydrogens is 291 g/mol. The van der Waals surface area contributed by atoms with E-state index in [1.165, 1.54) is 19.2 Å². The molecule has 0 aliphatic heterocycles. The van der Waals surface area contributed by atoms with Crippen molar-refractivity contribution < 1.29 is 13.7 Å². The third kappa shape index (κ3) is 2.00. The number of anilines is 1. The Bertz CT molecular complexity index is 569. The normalized spacial score (nSPS) is 10.6. The van der Waals surface area contributed by atoms with E-state index in [-0.39, 0.29) is 11.6 Å². The predicted octanol–water partition coefficient (Wildman–Crippen LogP) is 3.14. The van der Waals surface area contributed by atoms with Crippen molar-refractivity contribution in [3.05, 3.63) is 28.0 Å². The van der Waals surface area contributed by atoms with Crippen molar-refractivity contribution in [3.8, 4) is 17.0 Å². The third-order valence-corrected chi connectivity index (χ3v) is 3.24. The van der Waals surface area contributed by atoms with Gasteiger partial charge in [-0.3, -0.25) is 0 Å². The molecule has 0 aliphatic carbocycles. The quantitative estimate of drug-likeness (QED) is 0.925. The van der Waals surface area contributed by atoms with E-state index in [1.54, 1.807) is 0 Å². The number of hydrogen-bond acceptors (Lipinski definition) is 4. The summed E-state index contributed by atoms with van der Waals surface area (Å²) in [7, 11) is 1.40. The first-order valence-corrected chi connectivity index (χ1v) is 5.59. The minimum Gasteiger partial charge on any atom is -0.493 e. The molecule has 0 saturated heterocycles. The molecule has 1 aromatic carbocycles. The van der Waals surface area contributed by atoms with Crippen LogP contribution in [-0.2, 0) is 0 Å². The van der Waals surface area contributed by atoms with Crippen LogP contribution in [0.3, 0.4) is 0 Å². The summed E-state index contributed by atoms with van der Waals surface area (Å²) in [5, 5.41) is 3.77. The molecule has 0 unspecified atom stereocenters. The molecule has 6 heteroatoms.